The average molecular weight is 428 g/mol. The molecule has 0 radical (unpaired) electrons. The first-order chi connectivity index (χ1) is 14.4. The van der Waals surface area contributed by atoms with Gasteiger partial charge in [-0.1, -0.05) is 12.1 Å². The van der Waals surface area contributed by atoms with Crippen LogP contribution in [0.15, 0.2) is 41.4 Å². The highest BCUT2D eigenvalue weighted by atomic mass is 32.2. The van der Waals surface area contributed by atoms with Gasteiger partial charge in [0.25, 0.3) is 0 Å². The monoisotopic (exact) mass is 427 g/mol. The van der Waals surface area contributed by atoms with Crippen LogP contribution in [0.4, 0.5) is 0 Å². The average Bonchev–Trinajstić information content (AvgIpc) is 3.26. The minimum atomic E-state index is -1.29. The van der Waals surface area contributed by atoms with Gasteiger partial charge in [0, 0.05) is 38.1 Å². The molecular weight excluding hydrogens is 398 g/mol. The van der Waals surface area contributed by atoms with Crippen LogP contribution < -0.4 is 9.46 Å². The number of ether oxygens (including phenoxy) is 1. The van der Waals surface area contributed by atoms with Crippen molar-refractivity contribution in [2.24, 2.45) is 7.05 Å². The summed E-state index contributed by atoms with van der Waals surface area (Å²) in [5, 5.41) is 5.33. The molecular formula is C22H29N5O2S. The van der Waals surface area contributed by atoms with Crippen molar-refractivity contribution in [3.63, 3.8) is 0 Å². The number of hydrogen-bond donors (Lipinski definition) is 1. The van der Waals surface area contributed by atoms with Crippen LogP contribution in [-0.4, -0.2) is 49.5 Å². The Bertz CT molecular complexity index is 1000. The molecule has 1 aromatic carbocycles. The molecule has 3 aromatic rings. The number of likely N-dealkylation sites (tertiary alicyclic amines) is 1. The minimum absolute atomic E-state index is 0.181. The summed E-state index contributed by atoms with van der Waals surface area (Å²) in [6, 6.07) is 10.4. The van der Waals surface area contributed by atoms with Gasteiger partial charge >= 0.3 is 0 Å². The molecule has 1 fully saturated rings. The molecule has 1 unspecified atom stereocenters. The van der Waals surface area contributed by atoms with Gasteiger partial charge in [-0.15, -0.1) is 4.72 Å². The highest BCUT2D eigenvalue weighted by molar-refractivity contribution is 7.89. The van der Waals surface area contributed by atoms with E-state index >= 15 is 0 Å². The van der Waals surface area contributed by atoms with E-state index in [1.54, 1.807) is 10.9 Å². The van der Waals surface area contributed by atoms with E-state index in [0.717, 1.165) is 48.5 Å². The summed E-state index contributed by atoms with van der Waals surface area (Å²) in [5.74, 6) is 0.902. The number of fused-ring (bicyclic) bond motifs is 1. The maximum atomic E-state index is 12.9. The lowest BCUT2D eigenvalue weighted by molar-refractivity contribution is 0.242. The van der Waals surface area contributed by atoms with Crippen molar-refractivity contribution in [3.8, 4) is 5.75 Å². The fraction of sp³-hybridized carbons (Fsp3) is 0.455. The van der Waals surface area contributed by atoms with E-state index < -0.39 is 11.4 Å². The van der Waals surface area contributed by atoms with Gasteiger partial charge in [-0.25, -0.2) is 4.98 Å². The molecule has 2 atom stereocenters. The first-order valence-corrected chi connectivity index (χ1v) is 11.5. The molecule has 1 aliphatic rings. The summed E-state index contributed by atoms with van der Waals surface area (Å²) in [6.07, 6.45) is 2.84. The molecule has 1 saturated heterocycles. The third-order valence-corrected chi connectivity index (χ3v) is 6.50. The van der Waals surface area contributed by atoms with E-state index in [9.17, 15) is 4.55 Å². The molecule has 1 N–H and O–H groups in total. The zero-order chi connectivity index (χ0) is 21.3. The Hall–Kier alpha value is -2.13. The number of aryl methyl sites for hydroxylation is 2. The Morgan fingerprint density at radius 2 is 2.07 bits per heavy atom. The molecule has 3 heterocycles. The lowest BCUT2D eigenvalue weighted by Gasteiger charge is -2.18. The summed E-state index contributed by atoms with van der Waals surface area (Å²) < 4.78 is 23.6. The largest absolute Gasteiger partial charge is 0.593 e. The lowest BCUT2D eigenvalue weighted by atomic mass is 10.2. The number of pyridine rings is 1. The van der Waals surface area contributed by atoms with Gasteiger partial charge in [-0.2, -0.15) is 5.10 Å². The van der Waals surface area contributed by atoms with Crippen molar-refractivity contribution in [2.45, 2.75) is 50.8 Å². The Labute approximate surface area is 180 Å². The topological polar surface area (TPSA) is 78.3 Å². The molecule has 30 heavy (non-hydrogen) atoms. The fourth-order valence-electron chi connectivity index (χ4n) is 3.89. The third-order valence-electron chi connectivity index (χ3n) is 5.30. The highest BCUT2D eigenvalue weighted by Gasteiger charge is 2.27. The van der Waals surface area contributed by atoms with Crippen LogP contribution in [0, 0.1) is 6.92 Å². The van der Waals surface area contributed by atoms with Crippen molar-refractivity contribution in [1.29, 1.82) is 0 Å². The molecule has 0 aliphatic carbocycles. The van der Waals surface area contributed by atoms with Gasteiger partial charge in [0.15, 0.2) is 10.5 Å². The molecule has 160 valence electrons. The van der Waals surface area contributed by atoms with Gasteiger partial charge in [-0.3, -0.25) is 9.58 Å². The van der Waals surface area contributed by atoms with Crippen LogP contribution in [-0.2, 0) is 25.0 Å². The highest BCUT2D eigenvalue weighted by Crippen LogP contribution is 2.21. The number of aromatic nitrogens is 3. The zero-order valence-electron chi connectivity index (χ0n) is 18.0. The summed E-state index contributed by atoms with van der Waals surface area (Å²) in [6.45, 7) is 8.74. The van der Waals surface area contributed by atoms with Gasteiger partial charge < -0.3 is 9.29 Å². The molecule has 0 amide bonds. The molecule has 8 heteroatoms. The van der Waals surface area contributed by atoms with Gasteiger partial charge in [0.05, 0.1) is 35.4 Å². The van der Waals surface area contributed by atoms with E-state index in [0.29, 0.717) is 4.90 Å². The lowest BCUT2D eigenvalue weighted by Crippen LogP contribution is -2.37. The SMILES string of the molecule is Cc1nn(C)c2ncc([S+]([O-])N[C@@H]3CCN(Cc4ccc(OC(C)C)cc4)C3)cc12. The molecule has 2 aromatic heterocycles. The van der Waals surface area contributed by atoms with Crippen molar-refractivity contribution in [3.05, 3.63) is 47.8 Å². The Morgan fingerprint density at radius 1 is 1.30 bits per heavy atom. The molecule has 0 saturated carbocycles. The second-order valence-corrected chi connectivity index (χ2v) is 9.41. The number of rotatable bonds is 7. The number of nitrogens with one attached hydrogen (secondary N) is 1. The molecule has 0 spiro atoms. The van der Waals surface area contributed by atoms with E-state index in [1.165, 1.54) is 5.56 Å². The minimum Gasteiger partial charge on any atom is -0.593 e. The summed E-state index contributed by atoms with van der Waals surface area (Å²) in [7, 11) is 1.87. The van der Waals surface area contributed by atoms with E-state index in [1.807, 2.05) is 46.0 Å². The first kappa shape index (κ1) is 21.1. The first-order valence-electron chi connectivity index (χ1n) is 10.3. The fourth-order valence-corrected chi connectivity index (χ4v) is 4.89. The molecule has 1 aliphatic heterocycles. The van der Waals surface area contributed by atoms with Crippen LogP contribution in [0.2, 0.25) is 0 Å². The second kappa shape index (κ2) is 8.93. The molecule has 4 rings (SSSR count). The van der Waals surface area contributed by atoms with Crippen molar-refractivity contribution in [2.75, 3.05) is 13.1 Å². The molecule has 0 bridgehead atoms. The van der Waals surface area contributed by atoms with Gasteiger partial charge in [0.2, 0.25) is 0 Å². The van der Waals surface area contributed by atoms with E-state index in [-0.39, 0.29) is 12.1 Å². The van der Waals surface area contributed by atoms with Crippen LogP contribution in [0.5, 0.6) is 5.75 Å². The quantitative estimate of drug-likeness (QED) is 0.584. The third kappa shape index (κ3) is 4.78. The normalized spacial score (nSPS) is 18.4. The predicted molar refractivity (Wildman–Crippen MR) is 119 cm³/mol. The van der Waals surface area contributed by atoms with E-state index in [2.05, 4.69) is 31.8 Å². The van der Waals surface area contributed by atoms with Gasteiger partial charge in [0.1, 0.15) is 5.75 Å². The standard InChI is InChI=1S/C22H29N5O2S/c1-15(2)29-19-7-5-17(6-8-19)13-27-10-9-18(14-27)25-30(28)20-11-21-16(3)24-26(4)22(21)23-12-20/h5-8,11-12,15,18,25H,9-10,13-14H2,1-4H3/t18-,30?/m1/s1. The number of benzene rings is 1. The van der Waals surface area contributed by atoms with Gasteiger partial charge in [-0.05, 0) is 44.9 Å². The van der Waals surface area contributed by atoms with Crippen LogP contribution in [0.25, 0.3) is 11.0 Å². The predicted octanol–water partition coefficient (Wildman–Crippen LogP) is 2.95. The van der Waals surface area contributed by atoms with Crippen LogP contribution in [0.3, 0.4) is 0 Å². The summed E-state index contributed by atoms with van der Waals surface area (Å²) >= 11 is -1.29. The van der Waals surface area contributed by atoms with Crippen LogP contribution >= 0.6 is 0 Å². The number of nitrogens with zero attached hydrogens (tertiary/aromatic N) is 4. The summed E-state index contributed by atoms with van der Waals surface area (Å²) in [5.41, 5.74) is 2.97. The summed E-state index contributed by atoms with van der Waals surface area (Å²) in [4.78, 5) is 7.52. The Morgan fingerprint density at radius 3 is 2.80 bits per heavy atom. The van der Waals surface area contributed by atoms with Crippen molar-refractivity contribution in [1.82, 2.24) is 24.4 Å². The Kier molecular flexibility index (Phi) is 6.29. The van der Waals surface area contributed by atoms with Crippen molar-refractivity contribution >= 4 is 22.4 Å². The zero-order valence-corrected chi connectivity index (χ0v) is 18.8. The number of hydrogen-bond acceptors (Lipinski definition) is 6. The smallest absolute Gasteiger partial charge is 0.192 e. The Balaban J connectivity index is 1.33. The van der Waals surface area contributed by atoms with Crippen LogP contribution in [0.1, 0.15) is 31.5 Å². The second-order valence-electron chi connectivity index (χ2n) is 8.17. The maximum Gasteiger partial charge on any atom is 0.192 e. The maximum absolute atomic E-state index is 12.9. The van der Waals surface area contributed by atoms with E-state index in [4.69, 9.17) is 4.74 Å². The van der Waals surface area contributed by atoms with Crippen molar-refractivity contribution < 1.29 is 9.29 Å². The molecule has 7 nitrogen and oxygen atoms in total.